The summed E-state index contributed by atoms with van der Waals surface area (Å²) in [5.74, 6) is 0.350. The maximum Gasteiger partial charge on any atom is 0.0908 e. The first kappa shape index (κ1) is 9.19. The van der Waals surface area contributed by atoms with Crippen LogP contribution in [-0.2, 0) is 0 Å². The average molecular weight is 139 g/mol. The summed E-state index contributed by atoms with van der Waals surface area (Å²) in [5, 5.41) is 16.7. The predicted octanol–water partition coefficient (Wildman–Crippen LogP) is 1.47. The zero-order valence-electron chi connectivity index (χ0n) is 6.25. The molecule has 0 spiro atoms. The summed E-state index contributed by atoms with van der Waals surface area (Å²) in [6, 6.07) is 1.92. The molecule has 56 valence electrons. The molecule has 0 aliphatic heterocycles. The summed E-state index contributed by atoms with van der Waals surface area (Å²) in [6.45, 7) is 2.22. The van der Waals surface area contributed by atoms with Crippen LogP contribution in [0, 0.1) is 17.2 Å². The van der Waals surface area contributed by atoms with Gasteiger partial charge in [-0.05, 0) is 18.8 Å². The molecule has 10 heavy (non-hydrogen) atoms. The van der Waals surface area contributed by atoms with Gasteiger partial charge in [0.15, 0.2) is 0 Å². The molecule has 0 aromatic carbocycles. The third-order valence-electron chi connectivity index (χ3n) is 1.33. The van der Waals surface area contributed by atoms with Crippen molar-refractivity contribution in [2.24, 2.45) is 5.92 Å². The van der Waals surface area contributed by atoms with Crippen molar-refractivity contribution in [2.45, 2.75) is 19.8 Å². The lowest BCUT2D eigenvalue weighted by molar-refractivity contribution is 0.231. The van der Waals surface area contributed by atoms with Crippen molar-refractivity contribution in [1.82, 2.24) is 0 Å². The zero-order valence-corrected chi connectivity index (χ0v) is 6.25. The number of aliphatic hydroxyl groups is 1. The van der Waals surface area contributed by atoms with Crippen LogP contribution < -0.4 is 0 Å². The molecule has 1 atom stereocenters. The Morgan fingerprint density at radius 3 is 2.90 bits per heavy atom. The van der Waals surface area contributed by atoms with Crippen LogP contribution in [0.4, 0.5) is 0 Å². The summed E-state index contributed by atoms with van der Waals surface area (Å²) >= 11 is 0. The Morgan fingerprint density at radius 1 is 1.70 bits per heavy atom. The van der Waals surface area contributed by atoms with E-state index in [1.165, 1.54) is 6.08 Å². The van der Waals surface area contributed by atoms with Crippen molar-refractivity contribution in [2.75, 3.05) is 6.61 Å². The van der Waals surface area contributed by atoms with E-state index in [2.05, 4.69) is 0 Å². The maximum absolute atomic E-state index is 8.60. The molecule has 1 N–H and O–H groups in total. The van der Waals surface area contributed by atoms with E-state index in [-0.39, 0.29) is 6.61 Å². The summed E-state index contributed by atoms with van der Waals surface area (Å²) in [7, 11) is 0. The lowest BCUT2D eigenvalue weighted by atomic mass is 10.1. The third kappa shape index (κ3) is 5.33. The van der Waals surface area contributed by atoms with Crippen LogP contribution in [0.5, 0.6) is 0 Å². The van der Waals surface area contributed by atoms with E-state index in [4.69, 9.17) is 10.4 Å². The van der Waals surface area contributed by atoms with Gasteiger partial charge in [0.05, 0.1) is 6.07 Å². The van der Waals surface area contributed by atoms with Gasteiger partial charge in [-0.15, -0.1) is 0 Å². The Kier molecular flexibility index (Phi) is 5.80. The third-order valence-corrected chi connectivity index (χ3v) is 1.33. The number of hydrogen-bond donors (Lipinski definition) is 1. The molecular weight excluding hydrogens is 126 g/mol. The molecule has 0 fully saturated rings. The highest BCUT2D eigenvalue weighted by Crippen LogP contribution is 2.03. The van der Waals surface area contributed by atoms with Crippen LogP contribution >= 0.6 is 0 Å². The number of aliphatic hydroxyl groups excluding tert-OH is 1. The monoisotopic (exact) mass is 139 g/mol. The van der Waals surface area contributed by atoms with Crippen LogP contribution in [0.3, 0.4) is 0 Å². The van der Waals surface area contributed by atoms with E-state index >= 15 is 0 Å². The molecule has 0 saturated heterocycles. The van der Waals surface area contributed by atoms with E-state index < -0.39 is 0 Å². The molecule has 0 aliphatic carbocycles. The number of rotatable bonds is 4. The van der Waals surface area contributed by atoms with Crippen molar-refractivity contribution in [3.63, 3.8) is 0 Å². The topological polar surface area (TPSA) is 44.0 Å². The fraction of sp³-hybridized carbons (Fsp3) is 0.625. The first-order valence-electron chi connectivity index (χ1n) is 3.46. The Hall–Kier alpha value is -0.810. The van der Waals surface area contributed by atoms with Crippen LogP contribution in [0.25, 0.3) is 0 Å². The van der Waals surface area contributed by atoms with Gasteiger partial charge in [0.25, 0.3) is 0 Å². The first-order chi connectivity index (χ1) is 4.81. The zero-order chi connectivity index (χ0) is 7.82. The molecule has 0 amide bonds. The smallest absolute Gasteiger partial charge is 0.0908 e. The van der Waals surface area contributed by atoms with Crippen molar-refractivity contribution in [1.29, 1.82) is 5.26 Å². The highest BCUT2D eigenvalue weighted by Gasteiger charge is 1.95. The van der Waals surface area contributed by atoms with E-state index in [0.29, 0.717) is 5.92 Å². The van der Waals surface area contributed by atoms with Gasteiger partial charge < -0.3 is 5.11 Å². The van der Waals surface area contributed by atoms with Gasteiger partial charge in [0, 0.05) is 12.7 Å². The lowest BCUT2D eigenvalue weighted by Crippen LogP contribution is -1.98. The summed E-state index contributed by atoms with van der Waals surface area (Å²) in [4.78, 5) is 0. The minimum atomic E-state index is 0.237. The van der Waals surface area contributed by atoms with Crippen molar-refractivity contribution < 1.29 is 5.11 Å². The fourth-order valence-electron chi connectivity index (χ4n) is 0.608. The molecule has 0 heterocycles. The van der Waals surface area contributed by atoms with Gasteiger partial charge in [-0.2, -0.15) is 5.26 Å². The standard InChI is InChI=1S/C8H13NO/c1-8(7-10)5-3-2-4-6-9/h2,4,8,10H,3,5,7H2,1H3/t8-/m0/s1. The van der Waals surface area contributed by atoms with Crippen LogP contribution in [0.15, 0.2) is 12.2 Å². The molecule has 2 heteroatoms. The normalized spacial score (nSPS) is 13.3. The molecule has 0 unspecified atom stereocenters. The van der Waals surface area contributed by atoms with E-state index in [0.717, 1.165) is 12.8 Å². The van der Waals surface area contributed by atoms with Gasteiger partial charge in [-0.1, -0.05) is 13.0 Å². The fourth-order valence-corrected chi connectivity index (χ4v) is 0.608. The molecular formula is C8H13NO. The molecule has 0 aromatic rings. The van der Waals surface area contributed by atoms with Gasteiger partial charge in [0.2, 0.25) is 0 Å². The minimum Gasteiger partial charge on any atom is -0.396 e. The Morgan fingerprint density at radius 2 is 2.40 bits per heavy atom. The minimum absolute atomic E-state index is 0.237. The predicted molar refractivity (Wildman–Crippen MR) is 40.2 cm³/mol. The highest BCUT2D eigenvalue weighted by molar-refractivity contribution is 5.01. The lowest BCUT2D eigenvalue weighted by Gasteiger charge is -2.02. The van der Waals surface area contributed by atoms with Gasteiger partial charge in [-0.3, -0.25) is 0 Å². The molecule has 0 aromatic heterocycles. The number of nitrogens with zero attached hydrogens (tertiary/aromatic N) is 1. The molecule has 0 aliphatic rings. The average Bonchev–Trinajstić information content (AvgIpc) is 1.98. The SMILES string of the molecule is C[C@H](CO)CCC=CC#N. The van der Waals surface area contributed by atoms with E-state index in [1.807, 2.05) is 19.1 Å². The number of allylic oxidation sites excluding steroid dienone is 2. The van der Waals surface area contributed by atoms with Gasteiger partial charge >= 0.3 is 0 Å². The number of hydrogen-bond acceptors (Lipinski definition) is 2. The molecule has 0 rings (SSSR count). The molecule has 0 radical (unpaired) electrons. The largest absolute Gasteiger partial charge is 0.396 e. The first-order valence-corrected chi connectivity index (χ1v) is 3.46. The molecule has 0 saturated carbocycles. The van der Waals surface area contributed by atoms with Crippen molar-refractivity contribution >= 4 is 0 Å². The van der Waals surface area contributed by atoms with Crippen molar-refractivity contribution in [3.05, 3.63) is 12.2 Å². The van der Waals surface area contributed by atoms with Crippen LogP contribution in [0.2, 0.25) is 0 Å². The quantitative estimate of drug-likeness (QED) is 0.599. The van der Waals surface area contributed by atoms with Crippen LogP contribution in [0.1, 0.15) is 19.8 Å². The Bertz CT molecular complexity index is 135. The van der Waals surface area contributed by atoms with E-state index in [1.54, 1.807) is 0 Å². The Balaban J connectivity index is 3.21. The second kappa shape index (κ2) is 6.31. The highest BCUT2D eigenvalue weighted by atomic mass is 16.3. The van der Waals surface area contributed by atoms with Gasteiger partial charge in [-0.25, -0.2) is 0 Å². The second-order valence-corrected chi connectivity index (χ2v) is 2.40. The second-order valence-electron chi connectivity index (χ2n) is 2.40. The maximum atomic E-state index is 8.60. The summed E-state index contributed by atoms with van der Waals surface area (Å²) in [6.07, 6.45) is 5.14. The number of nitriles is 1. The van der Waals surface area contributed by atoms with Crippen LogP contribution in [-0.4, -0.2) is 11.7 Å². The Labute approximate surface area is 61.8 Å². The summed E-state index contributed by atoms with van der Waals surface area (Å²) in [5.41, 5.74) is 0. The summed E-state index contributed by atoms with van der Waals surface area (Å²) < 4.78 is 0. The van der Waals surface area contributed by atoms with E-state index in [9.17, 15) is 0 Å². The van der Waals surface area contributed by atoms with Gasteiger partial charge in [0.1, 0.15) is 0 Å². The molecule has 0 bridgehead atoms. The van der Waals surface area contributed by atoms with Crippen molar-refractivity contribution in [3.8, 4) is 6.07 Å². The molecule has 2 nitrogen and oxygen atoms in total.